The first-order chi connectivity index (χ1) is 14.6. The molecule has 6 heteroatoms. The summed E-state index contributed by atoms with van der Waals surface area (Å²) in [5.74, 6) is 1.17. The van der Waals surface area contributed by atoms with Gasteiger partial charge in [-0.15, -0.1) is 0 Å². The van der Waals surface area contributed by atoms with Gasteiger partial charge in [0.1, 0.15) is 23.0 Å². The molecule has 3 aromatic carbocycles. The number of hydrogen-bond donors (Lipinski definition) is 0. The summed E-state index contributed by atoms with van der Waals surface area (Å²) in [6, 6.07) is 18.6. The number of para-hydroxylation sites is 1. The number of carbonyl (C=O) groups excluding carboxylic acids is 2. The second kappa shape index (κ2) is 8.13. The topological polar surface area (TPSA) is 71.1 Å². The first kappa shape index (κ1) is 19.3. The van der Waals surface area contributed by atoms with E-state index in [1.54, 1.807) is 55.7 Å². The number of Topliss-reactive ketones (excluding diaryl/α,β-unsaturated/α-hetero) is 1. The summed E-state index contributed by atoms with van der Waals surface area (Å²) in [4.78, 5) is 25.1. The first-order valence-corrected chi connectivity index (χ1v) is 9.16. The third-order valence-corrected chi connectivity index (χ3v) is 4.58. The van der Waals surface area contributed by atoms with Crippen LogP contribution in [0.15, 0.2) is 72.5 Å². The van der Waals surface area contributed by atoms with Crippen molar-refractivity contribution in [1.29, 1.82) is 0 Å². The van der Waals surface area contributed by atoms with Crippen LogP contribution in [0.2, 0.25) is 0 Å². The second-order valence-corrected chi connectivity index (χ2v) is 6.46. The van der Waals surface area contributed by atoms with Crippen molar-refractivity contribution in [2.45, 2.75) is 0 Å². The van der Waals surface area contributed by atoms with E-state index in [-0.39, 0.29) is 17.3 Å². The summed E-state index contributed by atoms with van der Waals surface area (Å²) in [6.07, 6.45) is 1.63. The predicted molar refractivity (Wildman–Crippen MR) is 110 cm³/mol. The summed E-state index contributed by atoms with van der Waals surface area (Å²) >= 11 is 0. The van der Waals surface area contributed by atoms with Crippen LogP contribution in [0.1, 0.15) is 26.3 Å². The maximum Gasteiger partial charge on any atom is 0.343 e. The third kappa shape index (κ3) is 3.75. The van der Waals surface area contributed by atoms with Gasteiger partial charge in [-0.25, -0.2) is 4.79 Å². The lowest BCUT2D eigenvalue weighted by molar-refractivity contribution is 0.0734. The Hall–Kier alpha value is -4.06. The molecule has 150 valence electrons. The van der Waals surface area contributed by atoms with Crippen molar-refractivity contribution < 1.29 is 28.5 Å². The molecule has 0 saturated heterocycles. The number of fused-ring (bicyclic) bond motifs is 1. The van der Waals surface area contributed by atoms with Crippen LogP contribution in [0.4, 0.5) is 0 Å². The molecule has 0 N–H and O–H groups in total. The largest absolute Gasteiger partial charge is 0.497 e. The summed E-state index contributed by atoms with van der Waals surface area (Å²) in [5.41, 5.74) is 1.47. The number of hydrogen-bond acceptors (Lipinski definition) is 6. The minimum atomic E-state index is -0.539. The molecule has 0 fully saturated rings. The highest BCUT2D eigenvalue weighted by Crippen LogP contribution is 2.36. The molecule has 6 nitrogen and oxygen atoms in total. The van der Waals surface area contributed by atoms with E-state index in [0.717, 1.165) is 5.56 Å². The molecule has 3 aromatic rings. The summed E-state index contributed by atoms with van der Waals surface area (Å²) in [6.45, 7) is 0. The molecular formula is C24H18O6. The highest BCUT2D eigenvalue weighted by atomic mass is 16.5. The van der Waals surface area contributed by atoms with Gasteiger partial charge in [0.2, 0.25) is 5.78 Å². The molecule has 0 amide bonds. The van der Waals surface area contributed by atoms with Crippen molar-refractivity contribution in [3.8, 4) is 23.0 Å². The maximum atomic E-state index is 12.7. The number of rotatable bonds is 5. The molecule has 1 aliphatic heterocycles. The number of esters is 1. The molecule has 0 aromatic heterocycles. The first-order valence-electron chi connectivity index (χ1n) is 9.16. The minimum Gasteiger partial charge on any atom is -0.497 e. The van der Waals surface area contributed by atoms with E-state index >= 15 is 0 Å². The van der Waals surface area contributed by atoms with Crippen LogP contribution in [0.3, 0.4) is 0 Å². The zero-order valence-corrected chi connectivity index (χ0v) is 16.4. The lowest BCUT2D eigenvalue weighted by Gasteiger charge is -2.07. The van der Waals surface area contributed by atoms with Gasteiger partial charge in [0, 0.05) is 11.6 Å². The van der Waals surface area contributed by atoms with E-state index in [1.165, 1.54) is 13.2 Å². The van der Waals surface area contributed by atoms with Crippen molar-refractivity contribution in [2.75, 3.05) is 14.2 Å². The molecule has 0 atom stereocenters. The molecule has 0 unspecified atom stereocenters. The van der Waals surface area contributed by atoms with Crippen molar-refractivity contribution >= 4 is 17.8 Å². The molecular weight excluding hydrogens is 384 g/mol. The molecule has 1 aliphatic rings. The Balaban J connectivity index is 1.56. The maximum absolute atomic E-state index is 12.7. The van der Waals surface area contributed by atoms with Crippen LogP contribution in [0.25, 0.3) is 6.08 Å². The van der Waals surface area contributed by atoms with Crippen LogP contribution < -0.4 is 18.9 Å². The number of allylic oxidation sites excluding steroid dienone is 1. The van der Waals surface area contributed by atoms with Gasteiger partial charge in [0.15, 0.2) is 5.76 Å². The Morgan fingerprint density at radius 3 is 2.53 bits per heavy atom. The molecule has 30 heavy (non-hydrogen) atoms. The average Bonchev–Trinajstić information content (AvgIpc) is 3.08. The van der Waals surface area contributed by atoms with Crippen LogP contribution in [-0.2, 0) is 0 Å². The zero-order valence-electron chi connectivity index (χ0n) is 16.4. The molecule has 0 bridgehead atoms. The van der Waals surface area contributed by atoms with E-state index in [1.807, 2.05) is 18.2 Å². The highest BCUT2D eigenvalue weighted by Gasteiger charge is 2.28. The Morgan fingerprint density at radius 2 is 1.73 bits per heavy atom. The lowest BCUT2D eigenvalue weighted by Crippen LogP contribution is -2.08. The van der Waals surface area contributed by atoms with Gasteiger partial charge in [0.05, 0.1) is 25.3 Å². The number of ketones is 1. The highest BCUT2D eigenvalue weighted by molar-refractivity contribution is 6.14. The fourth-order valence-corrected chi connectivity index (χ4v) is 3.07. The fourth-order valence-electron chi connectivity index (χ4n) is 3.07. The van der Waals surface area contributed by atoms with Gasteiger partial charge in [-0.1, -0.05) is 24.3 Å². The average molecular weight is 402 g/mol. The third-order valence-electron chi connectivity index (χ3n) is 4.58. The van der Waals surface area contributed by atoms with Gasteiger partial charge in [-0.3, -0.25) is 4.79 Å². The normalized spacial score (nSPS) is 13.5. The number of methoxy groups -OCH3 is 2. The monoisotopic (exact) mass is 402 g/mol. The van der Waals surface area contributed by atoms with E-state index in [4.69, 9.17) is 18.9 Å². The SMILES string of the molecule is COc1cccc(C(=O)Oc2ccc3c(c2)OC(=Cc2ccccc2OC)C3=O)c1. The van der Waals surface area contributed by atoms with E-state index < -0.39 is 5.97 Å². The zero-order chi connectivity index (χ0) is 21.1. The van der Waals surface area contributed by atoms with Crippen LogP contribution in [-0.4, -0.2) is 26.0 Å². The van der Waals surface area contributed by atoms with E-state index in [9.17, 15) is 9.59 Å². The Labute approximate surface area is 173 Å². The number of ether oxygens (including phenoxy) is 4. The van der Waals surface area contributed by atoms with Crippen LogP contribution >= 0.6 is 0 Å². The predicted octanol–water partition coefficient (Wildman–Crippen LogP) is 4.54. The van der Waals surface area contributed by atoms with Gasteiger partial charge in [-0.2, -0.15) is 0 Å². The molecule has 0 radical (unpaired) electrons. The minimum absolute atomic E-state index is 0.172. The van der Waals surface area contributed by atoms with Crippen LogP contribution in [0.5, 0.6) is 23.0 Å². The second-order valence-electron chi connectivity index (χ2n) is 6.46. The Kier molecular flexibility index (Phi) is 5.22. The Morgan fingerprint density at radius 1 is 0.900 bits per heavy atom. The van der Waals surface area contributed by atoms with Gasteiger partial charge >= 0.3 is 5.97 Å². The molecule has 4 rings (SSSR count). The molecule has 0 spiro atoms. The van der Waals surface area contributed by atoms with Crippen molar-refractivity contribution in [3.05, 3.63) is 89.2 Å². The molecule has 0 saturated carbocycles. The van der Waals surface area contributed by atoms with E-state index in [0.29, 0.717) is 28.4 Å². The number of carbonyl (C=O) groups is 2. The molecule has 1 heterocycles. The van der Waals surface area contributed by atoms with Gasteiger partial charge in [0.25, 0.3) is 0 Å². The summed E-state index contributed by atoms with van der Waals surface area (Å²) < 4.78 is 21.6. The van der Waals surface area contributed by atoms with Crippen molar-refractivity contribution in [3.63, 3.8) is 0 Å². The lowest BCUT2D eigenvalue weighted by atomic mass is 10.1. The summed E-state index contributed by atoms with van der Waals surface area (Å²) in [5, 5.41) is 0. The van der Waals surface area contributed by atoms with Crippen molar-refractivity contribution in [2.24, 2.45) is 0 Å². The standard InChI is InChI=1S/C24H18O6/c1-27-17-8-5-7-16(12-17)24(26)29-18-10-11-19-21(14-18)30-22(23(19)25)13-15-6-3-4-9-20(15)28-2/h3-14H,1-2H3. The quantitative estimate of drug-likeness (QED) is 0.355. The van der Waals surface area contributed by atoms with Gasteiger partial charge < -0.3 is 18.9 Å². The smallest absolute Gasteiger partial charge is 0.343 e. The summed E-state index contributed by atoms with van der Waals surface area (Å²) in [7, 11) is 3.09. The molecule has 0 aliphatic carbocycles. The van der Waals surface area contributed by atoms with Gasteiger partial charge in [-0.05, 0) is 42.5 Å². The van der Waals surface area contributed by atoms with Crippen LogP contribution in [0, 0.1) is 0 Å². The van der Waals surface area contributed by atoms with Crippen molar-refractivity contribution in [1.82, 2.24) is 0 Å². The number of benzene rings is 3. The Bertz CT molecular complexity index is 1160. The van der Waals surface area contributed by atoms with E-state index in [2.05, 4.69) is 0 Å². The fraction of sp³-hybridized carbons (Fsp3) is 0.0833.